The minimum absolute atomic E-state index is 0. The Kier molecular flexibility index (Phi) is 19.7. The molecule has 0 aromatic carbocycles. The van der Waals surface area contributed by atoms with Crippen molar-refractivity contribution in [1.82, 2.24) is 24.8 Å². The molecule has 47 heavy (non-hydrogen) atoms. The van der Waals surface area contributed by atoms with Crippen molar-refractivity contribution in [3.63, 3.8) is 0 Å². The van der Waals surface area contributed by atoms with Crippen LogP contribution in [0.2, 0.25) is 0 Å². The average Bonchev–Trinajstić information content (AvgIpc) is 3.06. The van der Waals surface area contributed by atoms with Gasteiger partial charge in [0.25, 0.3) is 5.91 Å². The molecule has 3 N–H and O–H groups in total. The van der Waals surface area contributed by atoms with Gasteiger partial charge in [0.15, 0.2) is 0 Å². The van der Waals surface area contributed by atoms with E-state index in [1.54, 1.807) is 17.0 Å². The second-order valence-corrected chi connectivity index (χ2v) is 8.66. The molecule has 4 rings (SSSR count). The molecule has 0 bridgehead atoms. The van der Waals surface area contributed by atoms with Crippen LogP contribution in [0.15, 0.2) is 73.3 Å². The zero-order valence-electron chi connectivity index (χ0n) is 24.6. The fourth-order valence-electron chi connectivity index (χ4n) is 3.51. The van der Waals surface area contributed by atoms with Crippen molar-refractivity contribution in [2.24, 2.45) is 0 Å². The molecule has 4 heterocycles. The number of thiocarbonyl (C=S) groups is 2. The molecule has 0 aliphatic rings. The fourth-order valence-corrected chi connectivity index (χ4v) is 3.51. The Morgan fingerprint density at radius 2 is 0.851 bits per heavy atom. The topological polar surface area (TPSA) is 228 Å². The minimum Gasteiger partial charge on any atom is -0.753 e. The van der Waals surface area contributed by atoms with E-state index in [2.05, 4.69) is 44.4 Å². The van der Waals surface area contributed by atoms with Gasteiger partial charge in [-0.2, -0.15) is 10.3 Å². The largest absolute Gasteiger partial charge is 2.00 e. The summed E-state index contributed by atoms with van der Waals surface area (Å²) in [6, 6.07) is 11.5. The Bertz CT molecular complexity index is 1690. The van der Waals surface area contributed by atoms with Crippen LogP contribution in [0, 0.1) is 0 Å². The predicted molar refractivity (Wildman–Crippen MR) is 175 cm³/mol. The zero-order chi connectivity index (χ0) is 34.6. The molecule has 4 aromatic heterocycles. The fraction of sp³-hybridized carbons (Fsp3) is 0.133. The zero-order valence-corrected chi connectivity index (χ0v) is 28.0. The molecule has 14 nitrogen and oxygen atoms in total. The van der Waals surface area contributed by atoms with Gasteiger partial charge in [0, 0.05) is 43.4 Å². The smallest absolute Gasteiger partial charge is 0.753 e. The Balaban J connectivity index is 0.000000766. The second kappa shape index (κ2) is 22.2. The number of carbonyl (C=O) groups is 4. The van der Waals surface area contributed by atoms with E-state index >= 15 is 0 Å². The van der Waals surface area contributed by atoms with Gasteiger partial charge in [-0.05, 0) is 62.4 Å². The van der Waals surface area contributed by atoms with Crippen molar-refractivity contribution in [3.8, 4) is 22.8 Å². The predicted octanol–water partition coefficient (Wildman–Crippen LogP) is 5.18. The second-order valence-electron chi connectivity index (χ2n) is 8.29. The van der Waals surface area contributed by atoms with Crippen molar-refractivity contribution in [1.29, 1.82) is 0 Å². The van der Waals surface area contributed by atoms with Gasteiger partial charge in [0.2, 0.25) is 0 Å². The van der Waals surface area contributed by atoms with Crippen LogP contribution in [0.4, 0.5) is 0 Å². The maximum Gasteiger partial charge on any atom is 2.00 e. The standard InChI is InChI=1S/C16H17N3O3.C12H8N2O4.2CNS.Ru/c1-3-19(4-2)15(20)11-5-7-17-13(9-11)14-10-12(16(21)22)6-8-18-14;15-11(16)7-1-3-13-9(5-7)10-6-8(12(17)18)2-4-14-10;2*2-1-3;/h5-10H,3-4H2,1-2H3,(H,21,22);1-6H,(H,15,16)(H,17,18);;;/q;;2*-1;+2. The van der Waals surface area contributed by atoms with Gasteiger partial charge in [-0.25, -0.2) is 14.4 Å². The summed E-state index contributed by atoms with van der Waals surface area (Å²) in [5.74, 6) is -3.26. The number of hydrogen-bond donors (Lipinski definition) is 3. The summed E-state index contributed by atoms with van der Waals surface area (Å²) in [5, 5.41) is 43.7. The van der Waals surface area contributed by atoms with E-state index < -0.39 is 17.9 Å². The third-order valence-corrected chi connectivity index (χ3v) is 5.60. The summed E-state index contributed by atoms with van der Waals surface area (Å²) in [6.45, 7) is 5.09. The number of carboxylic acids is 3. The van der Waals surface area contributed by atoms with Crippen molar-refractivity contribution in [2.45, 2.75) is 13.8 Å². The summed E-state index contributed by atoms with van der Waals surface area (Å²) in [7, 11) is 0. The number of rotatable bonds is 8. The molecule has 0 unspecified atom stereocenters. The van der Waals surface area contributed by atoms with Crippen molar-refractivity contribution < 1.29 is 54.0 Å². The number of amides is 1. The maximum absolute atomic E-state index is 12.3. The molecule has 0 saturated heterocycles. The number of carboxylic acid groups (broad SMARTS) is 3. The molecule has 0 saturated carbocycles. The van der Waals surface area contributed by atoms with Crippen LogP contribution in [0.1, 0.15) is 55.3 Å². The third kappa shape index (κ3) is 13.7. The summed E-state index contributed by atoms with van der Waals surface area (Å²) >= 11 is 7.40. The molecule has 0 fully saturated rings. The summed E-state index contributed by atoms with van der Waals surface area (Å²) < 4.78 is 0. The number of aromatic nitrogens is 4. The summed E-state index contributed by atoms with van der Waals surface area (Å²) in [6.07, 6.45) is 5.63. The van der Waals surface area contributed by atoms with Gasteiger partial charge in [0.1, 0.15) is 0 Å². The van der Waals surface area contributed by atoms with E-state index in [0.29, 0.717) is 41.4 Å². The van der Waals surface area contributed by atoms with Gasteiger partial charge in [-0.15, -0.1) is 0 Å². The van der Waals surface area contributed by atoms with Gasteiger partial charge in [-0.1, -0.05) is 24.4 Å². The Morgan fingerprint density at radius 1 is 0.617 bits per heavy atom. The molecule has 0 aliphatic carbocycles. The molecule has 0 aliphatic heterocycles. The van der Waals surface area contributed by atoms with Crippen LogP contribution >= 0.6 is 24.4 Å². The first-order valence-corrected chi connectivity index (χ1v) is 13.7. The van der Waals surface area contributed by atoms with Crippen LogP contribution in [0.25, 0.3) is 33.6 Å². The normalized spacial score (nSPS) is 8.98. The quantitative estimate of drug-likeness (QED) is 0.120. The number of pyridine rings is 4. The van der Waals surface area contributed by atoms with E-state index in [-0.39, 0.29) is 42.1 Å². The molecule has 4 aromatic rings. The molecule has 242 valence electrons. The number of isothiocyanates is 2. The Labute approximate surface area is 292 Å². The first-order chi connectivity index (χ1) is 22.0. The van der Waals surface area contributed by atoms with Gasteiger partial charge in [-0.3, -0.25) is 24.7 Å². The molecule has 0 spiro atoms. The molecule has 17 heteroatoms. The van der Waals surface area contributed by atoms with E-state index in [1.807, 2.05) is 13.8 Å². The number of carbonyl (C=O) groups excluding carboxylic acids is 1. The molecular weight excluding hydrogens is 736 g/mol. The number of hydrogen-bond acceptors (Lipinski definition) is 10. The van der Waals surface area contributed by atoms with E-state index in [9.17, 15) is 19.2 Å². The van der Waals surface area contributed by atoms with Gasteiger partial charge >= 0.3 is 37.4 Å². The monoisotopic (exact) mass is 761 g/mol. The third-order valence-electron chi connectivity index (χ3n) is 5.60. The summed E-state index contributed by atoms with van der Waals surface area (Å²) in [4.78, 5) is 63.0. The van der Waals surface area contributed by atoms with Crippen molar-refractivity contribution in [2.75, 3.05) is 13.1 Å². The van der Waals surface area contributed by atoms with Gasteiger partial charge in [0.05, 0.1) is 39.5 Å². The van der Waals surface area contributed by atoms with Crippen molar-refractivity contribution >= 4 is 58.6 Å². The minimum atomic E-state index is -1.08. The maximum atomic E-state index is 12.3. The first kappa shape index (κ1) is 41.7. The molecular formula is C30H25N7O7RuS2. The van der Waals surface area contributed by atoms with Crippen LogP contribution in [-0.4, -0.2) is 87.4 Å². The Hall–Kier alpha value is -5.30. The van der Waals surface area contributed by atoms with E-state index in [4.69, 9.17) is 26.1 Å². The van der Waals surface area contributed by atoms with E-state index in [0.717, 1.165) is 0 Å². The number of nitrogens with zero attached hydrogens (tertiary/aromatic N) is 7. The number of aromatic carboxylic acids is 3. The molecule has 0 atom stereocenters. The van der Waals surface area contributed by atoms with E-state index in [1.165, 1.54) is 71.5 Å². The SMILES string of the molecule is CCN(CC)C(=O)c1ccnc(-c2cc(C(=O)O)ccn2)c1.O=C(O)c1ccnc(-c2cc(C(=O)O)ccn2)c1.[N-]=C=S.[N-]=C=S.[Ru+2]. The van der Waals surface area contributed by atoms with Crippen molar-refractivity contribution in [3.05, 3.63) is 106 Å². The van der Waals surface area contributed by atoms with Gasteiger partial charge < -0.3 is 31.0 Å². The van der Waals surface area contributed by atoms with Crippen LogP contribution in [0.5, 0.6) is 0 Å². The van der Waals surface area contributed by atoms with Crippen LogP contribution < -0.4 is 0 Å². The van der Waals surface area contributed by atoms with Crippen LogP contribution in [-0.2, 0) is 19.5 Å². The Morgan fingerprint density at radius 3 is 1.09 bits per heavy atom. The molecule has 0 radical (unpaired) electrons. The average molecular weight is 761 g/mol. The molecule has 1 amide bonds. The summed E-state index contributed by atoms with van der Waals surface area (Å²) in [5.41, 5.74) is 2.32. The first-order valence-electron chi connectivity index (χ1n) is 12.8. The van der Waals surface area contributed by atoms with Crippen LogP contribution in [0.3, 0.4) is 0 Å².